The van der Waals surface area contributed by atoms with Gasteiger partial charge in [-0.05, 0) is 42.5 Å². The number of thiazole rings is 1. The number of fused-ring (bicyclic) bond motifs is 2. The number of hydrogen-bond acceptors (Lipinski definition) is 4. The van der Waals surface area contributed by atoms with Crippen molar-refractivity contribution in [3.05, 3.63) is 87.3 Å². The molecule has 0 aliphatic heterocycles. The Morgan fingerprint density at radius 1 is 0.833 bits per heavy atom. The van der Waals surface area contributed by atoms with Crippen LogP contribution >= 0.6 is 43.2 Å². The van der Waals surface area contributed by atoms with E-state index >= 15 is 0 Å². The third kappa shape index (κ3) is 3.76. The second-order valence-corrected chi connectivity index (χ2v) is 9.53. The maximum absolute atomic E-state index is 13.2. The highest BCUT2D eigenvalue weighted by molar-refractivity contribution is 9.10. The number of aromatic nitrogens is 2. The highest BCUT2D eigenvalue weighted by Crippen LogP contribution is 2.30. The quantitative estimate of drug-likeness (QED) is 0.262. The summed E-state index contributed by atoms with van der Waals surface area (Å²) < 4.78 is 2.98. The van der Waals surface area contributed by atoms with E-state index in [-0.39, 0.29) is 5.91 Å². The number of hydrogen-bond donors (Lipinski definition) is 1. The lowest BCUT2D eigenvalue weighted by atomic mass is 10.0. The highest BCUT2D eigenvalue weighted by Gasteiger charge is 2.16. The van der Waals surface area contributed by atoms with Crippen LogP contribution in [-0.2, 0) is 0 Å². The summed E-state index contributed by atoms with van der Waals surface area (Å²) in [4.78, 5) is 22.5. The zero-order valence-corrected chi connectivity index (χ0v) is 19.4. The molecule has 0 bridgehead atoms. The number of halogens is 2. The van der Waals surface area contributed by atoms with Crippen LogP contribution in [0.25, 0.3) is 32.4 Å². The molecule has 146 valence electrons. The van der Waals surface area contributed by atoms with Crippen LogP contribution in [0.3, 0.4) is 0 Å². The Kier molecular flexibility index (Phi) is 5.10. The van der Waals surface area contributed by atoms with E-state index in [4.69, 9.17) is 4.98 Å². The fourth-order valence-electron chi connectivity index (χ4n) is 3.25. The van der Waals surface area contributed by atoms with Gasteiger partial charge in [0, 0.05) is 19.9 Å². The minimum absolute atomic E-state index is 0.204. The third-order valence-electron chi connectivity index (χ3n) is 4.67. The minimum atomic E-state index is -0.204. The van der Waals surface area contributed by atoms with Crippen molar-refractivity contribution in [2.45, 2.75) is 0 Å². The molecule has 1 amide bonds. The maximum atomic E-state index is 13.2. The summed E-state index contributed by atoms with van der Waals surface area (Å²) in [6, 6.07) is 23.3. The number of pyridine rings is 1. The smallest absolute Gasteiger partial charge is 0.258 e. The summed E-state index contributed by atoms with van der Waals surface area (Å²) >= 11 is 8.38. The SMILES string of the molecule is O=C(Nc1nc2ccc(Br)cc2s1)c1cc(-c2ccc(Br)cc2)nc2ccccc12. The molecule has 3 aromatic carbocycles. The summed E-state index contributed by atoms with van der Waals surface area (Å²) in [6.07, 6.45) is 0. The largest absolute Gasteiger partial charge is 0.298 e. The van der Waals surface area contributed by atoms with Crippen molar-refractivity contribution in [1.82, 2.24) is 9.97 Å². The van der Waals surface area contributed by atoms with E-state index in [2.05, 4.69) is 42.2 Å². The van der Waals surface area contributed by atoms with Gasteiger partial charge < -0.3 is 0 Å². The second-order valence-electron chi connectivity index (χ2n) is 6.66. The van der Waals surface area contributed by atoms with Crippen LogP contribution in [0.5, 0.6) is 0 Å². The second kappa shape index (κ2) is 7.91. The van der Waals surface area contributed by atoms with Gasteiger partial charge >= 0.3 is 0 Å². The van der Waals surface area contributed by atoms with E-state index in [9.17, 15) is 4.79 Å². The molecule has 0 fully saturated rings. The number of rotatable bonds is 3. The number of nitrogens with zero attached hydrogens (tertiary/aromatic N) is 2. The van der Waals surface area contributed by atoms with Crippen LogP contribution in [0.2, 0.25) is 0 Å². The molecule has 5 rings (SSSR count). The molecule has 1 N–H and O–H groups in total. The van der Waals surface area contributed by atoms with Crippen molar-refractivity contribution < 1.29 is 4.79 Å². The van der Waals surface area contributed by atoms with Crippen LogP contribution in [0.15, 0.2) is 81.7 Å². The Bertz CT molecular complexity index is 1410. The molecule has 0 saturated carbocycles. The zero-order valence-electron chi connectivity index (χ0n) is 15.4. The lowest BCUT2D eigenvalue weighted by molar-refractivity contribution is 0.102. The predicted molar refractivity (Wildman–Crippen MR) is 130 cm³/mol. The van der Waals surface area contributed by atoms with Gasteiger partial charge in [-0.3, -0.25) is 10.1 Å². The van der Waals surface area contributed by atoms with Gasteiger partial charge in [-0.15, -0.1) is 0 Å². The average Bonchev–Trinajstić information content (AvgIpc) is 3.14. The van der Waals surface area contributed by atoms with Crippen molar-refractivity contribution in [2.75, 3.05) is 5.32 Å². The Morgan fingerprint density at radius 2 is 1.60 bits per heavy atom. The molecule has 0 atom stereocenters. The molecule has 0 unspecified atom stereocenters. The summed E-state index contributed by atoms with van der Waals surface area (Å²) in [5, 5.41) is 4.34. The van der Waals surface area contributed by atoms with Crippen LogP contribution in [-0.4, -0.2) is 15.9 Å². The van der Waals surface area contributed by atoms with Crippen LogP contribution in [0.1, 0.15) is 10.4 Å². The number of carbonyl (C=O) groups is 1. The van der Waals surface area contributed by atoms with Gasteiger partial charge in [0.05, 0.1) is 27.0 Å². The standard InChI is InChI=1S/C23H13Br2N3OS/c24-14-7-5-13(6-8-14)20-12-17(16-3-1-2-4-18(16)26-20)22(29)28-23-27-19-10-9-15(25)11-21(19)30-23/h1-12H,(H,27,28,29). The van der Waals surface area contributed by atoms with E-state index in [1.54, 1.807) is 0 Å². The summed E-state index contributed by atoms with van der Waals surface area (Å²) in [6.45, 7) is 0. The number of anilines is 1. The third-order valence-corrected chi connectivity index (χ3v) is 6.63. The first kappa shape index (κ1) is 19.4. The van der Waals surface area contributed by atoms with Crippen molar-refractivity contribution >= 4 is 75.4 Å². The number of para-hydroxylation sites is 1. The Hall–Kier alpha value is -2.61. The first-order valence-corrected chi connectivity index (χ1v) is 11.5. The number of amides is 1. The highest BCUT2D eigenvalue weighted by atomic mass is 79.9. The molecular weight excluding hydrogens is 526 g/mol. The van der Waals surface area contributed by atoms with E-state index in [0.29, 0.717) is 10.7 Å². The maximum Gasteiger partial charge on any atom is 0.258 e. The first-order valence-electron chi connectivity index (χ1n) is 9.10. The molecule has 0 saturated heterocycles. The molecule has 4 nitrogen and oxygen atoms in total. The zero-order chi connectivity index (χ0) is 20.7. The Balaban J connectivity index is 1.57. The van der Waals surface area contributed by atoms with Crippen LogP contribution in [0.4, 0.5) is 5.13 Å². The monoisotopic (exact) mass is 537 g/mol. The lowest BCUT2D eigenvalue weighted by Crippen LogP contribution is -2.13. The number of benzene rings is 3. The van der Waals surface area contributed by atoms with Gasteiger partial charge in [-0.25, -0.2) is 9.97 Å². The van der Waals surface area contributed by atoms with Crippen molar-refractivity contribution in [1.29, 1.82) is 0 Å². The molecule has 0 spiro atoms. The summed E-state index contributed by atoms with van der Waals surface area (Å²) in [7, 11) is 0. The fourth-order valence-corrected chi connectivity index (χ4v) is 4.93. The molecule has 30 heavy (non-hydrogen) atoms. The van der Waals surface area contributed by atoms with Gasteiger partial charge in [0.2, 0.25) is 0 Å². The average molecular weight is 539 g/mol. The van der Waals surface area contributed by atoms with Crippen LogP contribution in [0, 0.1) is 0 Å². The summed E-state index contributed by atoms with van der Waals surface area (Å²) in [5.41, 5.74) is 3.89. The molecule has 7 heteroatoms. The molecule has 0 radical (unpaired) electrons. The van der Waals surface area contributed by atoms with Crippen molar-refractivity contribution in [2.24, 2.45) is 0 Å². The number of carbonyl (C=O) groups excluding carboxylic acids is 1. The fraction of sp³-hybridized carbons (Fsp3) is 0. The normalized spacial score (nSPS) is 11.1. The first-order chi connectivity index (χ1) is 14.6. The lowest BCUT2D eigenvalue weighted by Gasteiger charge is -2.09. The molecule has 2 heterocycles. The number of nitrogens with one attached hydrogen (secondary N) is 1. The summed E-state index contributed by atoms with van der Waals surface area (Å²) in [5.74, 6) is -0.204. The van der Waals surface area contributed by atoms with Crippen molar-refractivity contribution in [3.63, 3.8) is 0 Å². The van der Waals surface area contributed by atoms with E-state index < -0.39 is 0 Å². The molecule has 0 aliphatic carbocycles. The van der Waals surface area contributed by atoms with Gasteiger partial charge in [0.25, 0.3) is 5.91 Å². The molecular formula is C23H13Br2N3OS. The molecule has 5 aromatic rings. The van der Waals surface area contributed by atoms with Gasteiger partial charge in [-0.2, -0.15) is 0 Å². The topological polar surface area (TPSA) is 54.9 Å². The Labute approximate surface area is 193 Å². The molecule has 2 aromatic heterocycles. The Morgan fingerprint density at radius 3 is 2.43 bits per heavy atom. The van der Waals surface area contributed by atoms with Crippen LogP contribution < -0.4 is 5.32 Å². The molecule has 0 aliphatic rings. The van der Waals surface area contributed by atoms with Gasteiger partial charge in [0.1, 0.15) is 0 Å². The van der Waals surface area contributed by atoms with Crippen molar-refractivity contribution in [3.8, 4) is 11.3 Å². The van der Waals surface area contributed by atoms with E-state index in [0.717, 1.165) is 41.3 Å². The van der Waals surface area contributed by atoms with Gasteiger partial charge in [-0.1, -0.05) is 73.5 Å². The van der Waals surface area contributed by atoms with E-state index in [1.807, 2.05) is 72.8 Å². The predicted octanol–water partition coefficient (Wildman–Crippen LogP) is 7.29. The van der Waals surface area contributed by atoms with Gasteiger partial charge in [0.15, 0.2) is 5.13 Å². The minimum Gasteiger partial charge on any atom is -0.298 e. The van der Waals surface area contributed by atoms with E-state index in [1.165, 1.54) is 11.3 Å².